The third-order valence-electron chi connectivity index (χ3n) is 4.14. The number of sulfonamides is 1. The first-order valence-corrected chi connectivity index (χ1v) is 10.9. The summed E-state index contributed by atoms with van der Waals surface area (Å²) < 4.78 is 54.1. The van der Waals surface area contributed by atoms with Gasteiger partial charge in [-0.15, -0.1) is 11.3 Å². The lowest BCUT2D eigenvalue weighted by Crippen LogP contribution is -2.14. The Morgan fingerprint density at radius 1 is 0.862 bits per heavy atom. The van der Waals surface area contributed by atoms with E-state index >= 15 is 0 Å². The van der Waals surface area contributed by atoms with Crippen molar-refractivity contribution in [3.8, 4) is 21.8 Å². The van der Waals surface area contributed by atoms with Gasteiger partial charge in [0.15, 0.2) is 0 Å². The Bertz CT molecular complexity index is 1260. The van der Waals surface area contributed by atoms with Gasteiger partial charge in [-0.2, -0.15) is 0 Å². The number of rotatable bonds is 5. The van der Waals surface area contributed by atoms with E-state index in [1.807, 2.05) is 35.7 Å². The summed E-state index contributed by atoms with van der Waals surface area (Å²) in [7, 11) is -4.25. The molecule has 4 aromatic rings. The van der Waals surface area contributed by atoms with Gasteiger partial charge in [0.05, 0.1) is 5.69 Å². The smallest absolute Gasteiger partial charge is 0.264 e. The molecule has 146 valence electrons. The predicted molar refractivity (Wildman–Crippen MR) is 110 cm³/mol. The van der Waals surface area contributed by atoms with Crippen molar-refractivity contribution in [3.05, 3.63) is 89.8 Å². The molecule has 4 nitrogen and oxygen atoms in total. The maximum absolute atomic E-state index is 13.8. The second kappa shape index (κ2) is 7.73. The fourth-order valence-corrected chi connectivity index (χ4v) is 4.71. The average Bonchev–Trinajstić information content (AvgIpc) is 3.21. The SMILES string of the molecule is O=S(=O)(Nc1ccc(-c2csc(-c3ccccc3)n2)cc1)c1cc(F)ccc1F. The lowest BCUT2D eigenvalue weighted by molar-refractivity contribution is 0.555. The Labute approximate surface area is 170 Å². The highest BCUT2D eigenvalue weighted by Gasteiger charge is 2.20. The van der Waals surface area contributed by atoms with E-state index in [-0.39, 0.29) is 5.69 Å². The number of halogens is 2. The highest BCUT2D eigenvalue weighted by Crippen LogP contribution is 2.29. The number of hydrogen-bond donors (Lipinski definition) is 1. The topological polar surface area (TPSA) is 59.1 Å². The van der Waals surface area contributed by atoms with E-state index in [0.29, 0.717) is 6.07 Å². The first kappa shape index (κ1) is 19.2. The summed E-state index contributed by atoms with van der Waals surface area (Å²) in [6, 6.07) is 18.6. The largest absolute Gasteiger partial charge is 0.280 e. The number of anilines is 1. The summed E-state index contributed by atoms with van der Waals surface area (Å²) in [6.45, 7) is 0. The van der Waals surface area contributed by atoms with Crippen LogP contribution in [0, 0.1) is 11.6 Å². The van der Waals surface area contributed by atoms with Crippen LogP contribution in [-0.2, 0) is 10.0 Å². The van der Waals surface area contributed by atoms with Gasteiger partial charge in [0.2, 0.25) is 0 Å². The van der Waals surface area contributed by atoms with Crippen LogP contribution in [0.2, 0.25) is 0 Å². The van der Waals surface area contributed by atoms with Crippen molar-refractivity contribution in [2.24, 2.45) is 0 Å². The molecule has 3 aromatic carbocycles. The molecule has 0 radical (unpaired) electrons. The van der Waals surface area contributed by atoms with Crippen molar-refractivity contribution in [1.82, 2.24) is 4.98 Å². The van der Waals surface area contributed by atoms with Crippen LogP contribution in [0.1, 0.15) is 0 Å². The van der Waals surface area contributed by atoms with Crippen molar-refractivity contribution >= 4 is 27.0 Å². The second-order valence-corrected chi connectivity index (χ2v) is 8.67. The van der Waals surface area contributed by atoms with E-state index in [2.05, 4.69) is 9.71 Å². The van der Waals surface area contributed by atoms with E-state index < -0.39 is 26.6 Å². The fourth-order valence-electron chi connectivity index (χ4n) is 2.72. The molecule has 0 fully saturated rings. The molecular formula is C21H14F2N2O2S2. The summed E-state index contributed by atoms with van der Waals surface area (Å²) in [4.78, 5) is 3.87. The highest BCUT2D eigenvalue weighted by molar-refractivity contribution is 7.92. The molecule has 1 N–H and O–H groups in total. The molecule has 29 heavy (non-hydrogen) atoms. The first-order chi connectivity index (χ1) is 13.9. The molecule has 8 heteroatoms. The minimum atomic E-state index is -4.25. The van der Waals surface area contributed by atoms with Crippen molar-refractivity contribution < 1.29 is 17.2 Å². The van der Waals surface area contributed by atoms with Crippen LogP contribution in [0.3, 0.4) is 0 Å². The molecule has 0 amide bonds. The molecular weight excluding hydrogens is 414 g/mol. The number of hydrogen-bond acceptors (Lipinski definition) is 4. The Hall–Kier alpha value is -3.10. The van der Waals surface area contributed by atoms with Gasteiger partial charge in [0.25, 0.3) is 10.0 Å². The van der Waals surface area contributed by atoms with Crippen LogP contribution in [0.25, 0.3) is 21.8 Å². The molecule has 0 aliphatic carbocycles. The number of nitrogens with one attached hydrogen (secondary N) is 1. The lowest BCUT2D eigenvalue weighted by atomic mass is 10.1. The zero-order valence-corrected chi connectivity index (χ0v) is 16.5. The monoisotopic (exact) mass is 428 g/mol. The third-order valence-corrected chi connectivity index (χ3v) is 6.43. The number of benzene rings is 3. The van der Waals surface area contributed by atoms with Gasteiger partial charge in [-0.25, -0.2) is 22.2 Å². The summed E-state index contributed by atoms with van der Waals surface area (Å²) in [5, 5.41) is 2.80. The van der Waals surface area contributed by atoms with E-state index in [1.165, 1.54) is 11.3 Å². The predicted octanol–water partition coefficient (Wildman–Crippen LogP) is 5.56. The molecule has 0 spiro atoms. The molecule has 0 bridgehead atoms. The van der Waals surface area contributed by atoms with Crippen LogP contribution in [0.4, 0.5) is 14.5 Å². The molecule has 1 aromatic heterocycles. The van der Waals surface area contributed by atoms with E-state index in [4.69, 9.17) is 0 Å². The molecule has 1 heterocycles. The van der Waals surface area contributed by atoms with E-state index in [1.54, 1.807) is 24.3 Å². The van der Waals surface area contributed by atoms with Crippen molar-refractivity contribution in [2.75, 3.05) is 4.72 Å². The van der Waals surface area contributed by atoms with Gasteiger partial charge >= 0.3 is 0 Å². The van der Waals surface area contributed by atoms with Gasteiger partial charge in [-0.05, 0) is 30.3 Å². The number of thiazole rings is 1. The van der Waals surface area contributed by atoms with Gasteiger partial charge in [-0.3, -0.25) is 4.72 Å². The zero-order valence-electron chi connectivity index (χ0n) is 14.8. The normalized spacial score (nSPS) is 11.4. The van der Waals surface area contributed by atoms with Gasteiger partial charge in [-0.1, -0.05) is 42.5 Å². The maximum atomic E-state index is 13.8. The van der Waals surface area contributed by atoms with Gasteiger partial charge < -0.3 is 0 Å². The second-order valence-electron chi connectivity index (χ2n) is 6.16. The van der Waals surface area contributed by atoms with Crippen LogP contribution in [0.5, 0.6) is 0 Å². The highest BCUT2D eigenvalue weighted by atomic mass is 32.2. The quantitative estimate of drug-likeness (QED) is 0.453. The number of nitrogens with zero attached hydrogens (tertiary/aromatic N) is 1. The molecule has 0 unspecified atom stereocenters. The van der Waals surface area contributed by atoms with Crippen molar-refractivity contribution in [1.29, 1.82) is 0 Å². The molecule has 0 saturated carbocycles. The van der Waals surface area contributed by atoms with Gasteiger partial charge in [0, 0.05) is 22.2 Å². The Morgan fingerprint density at radius 3 is 2.31 bits per heavy atom. The maximum Gasteiger partial charge on any atom is 0.264 e. The van der Waals surface area contributed by atoms with E-state index in [0.717, 1.165) is 34.0 Å². The van der Waals surface area contributed by atoms with Crippen LogP contribution >= 0.6 is 11.3 Å². The third kappa shape index (κ3) is 4.18. The Morgan fingerprint density at radius 2 is 1.59 bits per heavy atom. The molecule has 4 rings (SSSR count). The fraction of sp³-hybridized carbons (Fsp3) is 0. The molecule has 0 atom stereocenters. The van der Waals surface area contributed by atoms with Crippen molar-refractivity contribution in [2.45, 2.75) is 4.90 Å². The van der Waals surface area contributed by atoms with Gasteiger partial charge in [0.1, 0.15) is 21.5 Å². The minimum absolute atomic E-state index is 0.232. The molecule has 0 aliphatic rings. The zero-order chi connectivity index (χ0) is 20.4. The van der Waals surface area contributed by atoms with Crippen LogP contribution in [-0.4, -0.2) is 13.4 Å². The number of aromatic nitrogens is 1. The minimum Gasteiger partial charge on any atom is -0.280 e. The summed E-state index contributed by atoms with van der Waals surface area (Å²) in [5.41, 5.74) is 2.82. The van der Waals surface area contributed by atoms with Crippen LogP contribution in [0.15, 0.2) is 83.1 Å². The lowest BCUT2D eigenvalue weighted by Gasteiger charge is -2.09. The summed E-state index contributed by atoms with van der Waals surface area (Å²) in [5.74, 6) is -1.86. The first-order valence-electron chi connectivity index (χ1n) is 8.52. The van der Waals surface area contributed by atoms with Crippen molar-refractivity contribution in [3.63, 3.8) is 0 Å². The summed E-state index contributed by atoms with van der Waals surface area (Å²) >= 11 is 1.51. The van der Waals surface area contributed by atoms with E-state index in [9.17, 15) is 17.2 Å². The molecule has 0 saturated heterocycles. The summed E-state index contributed by atoms with van der Waals surface area (Å²) in [6.07, 6.45) is 0. The van der Waals surface area contributed by atoms with Crippen LogP contribution < -0.4 is 4.72 Å². The Kier molecular flexibility index (Phi) is 5.12. The molecule has 0 aliphatic heterocycles. The standard InChI is InChI=1S/C21H14F2N2O2S2/c22-16-8-11-18(23)20(12-16)29(26,27)25-17-9-6-14(7-10-17)19-13-28-21(24-19)15-4-2-1-3-5-15/h1-13,25H. The Balaban J connectivity index is 1.56. The average molecular weight is 428 g/mol.